The summed E-state index contributed by atoms with van der Waals surface area (Å²) in [4.78, 5) is 19.3. The van der Waals surface area contributed by atoms with Crippen LogP contribution in [0.15, 0.2) is 17.2 Å². The summed E-state index contributed by atoms with van der Waals surface area (Å²) in [6.07, 6.45) is 8.12. The van der Waals surface area contributed by atoms with Crippen molar-refractivity contribution in [2.24, 2.45) is 5.92 Å². The van der Waals surface area contributed by atoms with Gasteiger partial charge >= 0.3 is 0 Å². The van der Waals surface area contributed by atoms with Gasteiger partial charge in [-0.3, -0.25) is 9.36 Å². The molecule has 5 nitrogen and oxygen atoms in total. The molecule has 3 rings (SSSR count). The minimum Gasteiger partial charge on any atom is -0.389 e. The van der Waals surface area contributed by atoms with Crippen molar-refractivity contribution in [3.05, 3.63) is 28.4 Å². The first-order valence-corrected chi connectivity index (χ1v) is 9.77. The Balaban J connectivity index is 1.53. The molecule has 1 N–H and O–H groups in total. The highest BCUT2D eigenvalue weighted by molar-refractivity contribution is 5.10. The molecule has 25 heavy (non-hydrogen) atoms. The zero-order valence-corrected chi connectivity index (χ0v) is 16.0. The molecule has 140 valence electrons. The topological polar surface area (TPSA) is 58.4 Å². The summed E-state index contributed by atoms with van der Waals surface area (Å²) in [7, 11) is 0. The van der Waals surface area contributed by atoms with Crippen molar-refractivity contribution in [3.63, 3.8) is 0 Å². The van der Waals surface area contributed by atoms with Crippen LogP contribution in [-0.4, -0.2) is 44.8 Å². The number of hydrogen-bond acceptors (Lipinski definition) is 4. The smallest absolute Gasteiger partial charge is 0.253 e. The third-order valence-electron chi connectivity index (χ3n) is 5.86. The molecule has 0 amide bonds. The maximum absolute atomic E-state index is 12.4. The van der Waals surface area contributed by atoms with E-state index in [2.05, 4.69) is 30.7 Å². The number of likely N-dealkylation sites (tertiary alicyclic amines) is 1. The fourth-order valence-corrected chi connectivity index (χ4v) is 4.19. The number of hydrogen-bond donors (Lipinski definition) is 1. The van der Waals surface area contributed by atoms with Crippen LogP contribution < -0.4 is 5.56 Å². The van der Waals surface area contributed by atoms with E-state index in [4.69, 9.17) is 0 Å². The number of piperidine rings is 1. The highest BCUT2D eigenvalue weighted by Crippen LogP contribution is 2.31. The van der Waals surface area contributed by atoms with Gasteiger partial charge in [-0.2, -0.15) is 0 Å². The predicted molar refractivity (Wildman–Crippen MR) is 99.8 cm³/mol. The van der Waals surface area contributed by atoms with Gasteiger partial charge in [0.25, 0.3) is 5.56 Å². The Bertz CT molecular complexity index is 633. The first-order chi connectivity index (χ1) is 11.8. The number of nitrogens with zero attached hydrogens (tertiary/aromatic N) is 3. The normalized spacial score (nSPS) is 22.4. The molecule has 0 bridgehead atoms. The SMILES string of the molecule is CC(C)(C)c1cc(=O)n(CC2CCN(CC3(O)CCCC3)CC2)cn1. The molecule has 2 fully saturated rings. The van der Waals surface area contributed by atoms with Gasteiger partial charge in [0.2, 0.25) is 0 Å². The van der Waals surface area contributed by atoms with Crippen LogP contribution >= 0.6 is 0 Å². The third-order valence-corrected chi connectivity index (χ3v) is 5.86. The average Bonchev–Trinajstić information content (AvgIpc) is 2.96. The monoisotopic (exact) mass is 347 g/mol. The first kappa shape index (κ1) is 18.6. The van der Waals surface area contributed by atoms with Gasteiger partial charge in [0.05, 0.1) is 17.6 Å². The van der Waals surface area contributed by atoms with Crippen molar-refractivity contribution in [2.75, 3.05) is 19.6 Å². The summed E-state index contributed by atoms with van der Waals surface area (Å²) in [6.45, 7) is 9.85. The molecule has 2 aliphatic rings. The number of rotatable bonds is 4. The Morgan fingerprint density at radius 2 is 1.88 bits per heavy atom. The van der Waals surface area contributed by atoms with Gasteiger partial charge in [-0.1, -0.05) is 33.6 Å². The molecule has 2 heterocycles. The Kier molecular flexibility index (Phi) is 5.35. The van der Waals surface area contributed by atoms with Crippen LogP contribution in [0.2, 0.25) is 0 Å². The van der Waals surface area contributed by atoms with Crippen LogP contribution in [0.5, 0.6) is 0 Å². The first-order valence-electron chi connectivity index (χ1n) is 9.77. The Morgan fingerprint density at radius 3 is 2.44 bits per heavy atom. The van der Waals surface area contributed by atoms with E-state index in [9.17, 15) is 9.90 Å². The quantitative estimate of drug-likeness (QED) is 0.909. The van der Waals surface area contributed by atoms with Crippen molar-refractivity contribution >= 4 is 0 Å². The molecule has 1 aliphatic heterocycles. The fourth-order valence-electron chi connectivity index (χ4n) is 4.19. The molecular weight excluding hydrogens is 314 g/mol. The molecule has 5 heteroatoms. The van der Waals surface area contributed by atoms with Gasteiger partial charge in [-0.25, -0.2) is 4.98 Å². The maximum Gasteiger partial charge on any atom is 0.253 e. The second-order valence-corrected chi connectivity index (χ2v) is 9.17. The van der Waals surface area contributed by atoms with E-state index in [1.54, 1.807) is 17.0 Å². The van der Waals surface area contributed by atoms with Crippen LogP contribution in [0.1, 0.15) is 65.0 Å². The average molecular weight is 348 g/mol. The summed E-state index contributed by atoms with van der Waals surface area (Å²) in [5.41, 5.74) is 0.372. The minimum atomic E-state index is -0.448. The van der Waals surface area contributed by atoms with E-state index >= 15 is 0 Å². The molecule has 0 unspecified atom stereocenters. The fraction of sp³-hybridized carbons (Fsp3) is 0.800. The van der Waals surface area contributed by atoms with Crippen LogP contribution in [0, 0.1) is 5.92 Å². The minimum absolute atomic E-state index is 0.0580. The largest absolute Gasteiger partial charge is 0.389 e. The molecule has 1 saturated heterocycles. The zero-order valence-electron chi connectivity index (χ0n) is 16.0. The molecule has 1 aliphatic carbocycles. The van der Waals surface area contributed by atoms with E-state index in [1.165, 1.54) is 0 Å². The van der Waals surface area contributed by atoms with Crippen molar-refractivity contribution in [1.29, 1.82) is 0 Å². The molecule has 0 atom stereocenters. The lowest BCUT2D eigenvalue weighted by molar-refractivity contribution is -0.000621. The maximum atomic E-state index is 12.4. The number of aromatic nitrogens is 2. The van der Waals surface area contributed by atoms with Crippen molar-refractivity contribution in [2.45, 2.75) is 76.9 Å². The summed E-state index contributed by atoms with van der Waals surface area (Å²) in [6, 6.07) is 1.69. The van der Waals surface area contributed by atoms with Crippen LogP contribution in [0.25, 0.3) is 0 Å². The van der Waals surface area contributed by atoms with Crippen LogP contribution in [-0.2, 0) is 12.0 Å². The summed E-state index contributed by atoms with van der Waals surface area (Å²) >= 11 is 0. The van der Waals surface area contributed by atoms with Gasteiger partial charge in [0, 0.05) is 24.6 Å². The van der Waals surface area contributed by atoms with Crippen molar-refractivity contribution in [3.8, 4) is 0 Å². The standard InChI is InChI=1S/C20H33N3O2/c1-19(2,3)17-12-18(24)23(15-21-17)13-16-6-10-22(11-7-16)14-20(25)8-4-5-9-20/h12,15-16,25H,4-11,13-14H2,1-3H3. The summed E-state index contributed by atoms with van der Waals surface area (Å²) < 4.78 is 1.76. The van der Waals surface area contributed by atoms with Gasteiger partial charge in [-0.05, 0) is 44.7 Å². The van der Waals surface area contributed by atoms with Gasteiger partial charge < -0.3 is 10.0 Å². The highest BCUT2D eigenvalue weighted by atomic mass is 16.3. The lowest BCUT2D eigenvalue weighted by Crippen LogP contribution is -2.45. The second kappa shape index (κ2) is 7.20. The van der Waals surface area contributed by atoms with E-state index in [0.717, 1.165) is 70.4 Å². The molecule has 1 aromatic rings. The van der Waals surface area contributed by atoms with E-state index in [0.29, 0.717) is 5.92 Å². The van der Waals surface area contributed by atoms with Crippen LogP contribution in [0.3, 0.4) is 0 Å². The predicted octanol–water partition coefficient (Wildman–Crippen LogP) is 2.56. The summed E-state index contributed by atoms with van der Waals surface area (Å²) in [5.74, 6) is 0.523. The Labute approximate surface area is 151 Å². The van der Waals surface area contributed by atoms with Gasteiger partial charge in [-0.15, -0.1) is 0 Å². The number of aliphatic hydroxyl groups is 1. The lowest BCUT2D eigenvalue weighted by Gasteiger charge is -2.36. The molecule has 0 aromatic carbocycles. The lowest BCUT2D eigenvalue weighted by atomic mass is 9.92. The van der Waals surface area contributed by atoms with Crippen molar-refractivity contribution < 1.29 is 5.11 Å². The van der Waals surface area contributed by atoms with Crippen LogP contribution in [0.4, 0.5) is 0 Å². The Morgan fingerprint density at radius 1 is 1.24 bits per heavy atom. The highest BCUT2D eigenvalue weighted by Gasteiger charge is 2.34. The van der Waals surface area contributed by atoms with Gasteiger partial charge in [0.15, 0.2) is 0 Å². The van der Waals surface area contributed by atoms with Gasteiger partial charge in [0.1, 0.15) is 0 Å². The molecule has 1 aromatic heterocycles. The molecule has 1 saturated carbocycles. The molecular formula is C20H33N3O2. The summed E-state index contributed by atoms with van der Waals surface area (Å²) in [5, 5.41) is 10.6. The van der Waals surface area contributed by atoms with E-state index in [1.807, 2.05) is 0 Å². The Hall–Kier alpha value is -1.20. The third kappa shape index (κ3) is 4.70. The van der Waals surface area contributed by atoms with E-state index in [-0.39, 0.29) is 11.0 Å². The number of β-amino-alcohol motifs (C(OH)–C–C–N with tert-alkyl or cyclic N) is 1. The van der Waals surface area contributed by atoms with Crippen molar-refractivity contribution in [1.82, 2.24) is 14.5 Å². The van der Waals surface area contributed by atoms with E-state index < -0.39 is 5.60 Å². The second-order valence-electron chi connectivity index (χ2n) is 9.17. The molecule has 0 radical (unpaired) electrons. The molecule has 0 spiro atoms. The zero-order chi connectivity index (χ0) is 18.1.